The second-order valence-corrected chi connectivity index (χ2v) is 8.15. The number of primary amides is 1. The second kappa shape index (κ2) is 9.00. The number of para-hydroxylation sites is 2. The summed E-state index contributed by atoms with van der Waals surface area (Å²) in [5, 5.41) is 0.907. The van der Waals surface area contributed by atoms with E-state index >= 15 is 0 Å². The molecule has 32 heavy (non-hydrogen) atoms. The van der Waals surface area contributed by atoms with Gasteiger partial charge in [0.2, 0.25) is 6.79 Å². The normalized spacial score (nSPS) is 15.9. The van der Waals surface area contributed by atoms with Crippen molar-refractivity contribution in [1.29, 1.82) is 0 Å². The van der Waals surface area contributed by atoms with E-state index in [4.69, 9.17) is 19.6 Å². The fourth-order valence-corrected chi connectivity index (χ4v) is 4.50. The van der Waals surface area contributed by atoms with Crippen LogP contribution < -0.4 is 25.0 Å². The van der Waals surface area contributed by atoms with Crippen LogP contribution in [-0.4, -0.2) is 57.0 Å². The minimum Gasteiger partial charge on any atom is -0.462 e. The third-order valence-electron chi connectivity index (χ3n) is 6.21. The molecule has 5 rings (SSSR count). The lowest BCUT2D eigenvalue weighted by Gasteiger charge is -2.36. The van der Waals surface area contributed by atoms with Gasteiger partial charge in [0.05, 0.1) is 11.4 Å². The number of amides is 2. The van der Waals surface area contributed by atoms with E-state index in [-0.39, 0.29) is 0 Å². The van der Waals surface area contributed by atoms with Gasteiger partial charge in [0, 0.05) is 38.1 Å². The molecule has 3 heterocycles. The van der Waals surface area contributed by atoms with Crippen LogP contribution >= 0.6 is 0 Å². The number of nitrogens with two attached hydrogens (primary N) is 1. The van der Waals surface area contributed by atoms with E-state index in [2.05, 4.69) is 15.9 Å². The third kappa shape index (κ3) is 4.05. The first kappa shape index (κ1) is 20.5. The van der Waals surface area contributed by atoms with Gasteiger partial charge < -0.3 is 24.5 Å². The van der Waals surface area contributed by atoms with E-state index in [0.717, 1.165) is 79.4 Å². The summed E-state index contributed by atoms with van der Waals surface area (Å²) in [6, 6.07) is 13.3. The van der Waals surface area contributed by atoms with E-state index in [1.54, 1.807) is 11.2 Å². The van der Waals surface area contributed by atoms with Crippen molar-refractivity contribution in [3.05, 3.63) is 48.7 Å². The number of carbonyl (C=O) groups is 1. The maximum atomic E-state index is 12.1. The van der Waals surface area contributed by atoms with Crippen LogP contribution in [0, 0.1) is 0 Å². The van der Waals surface area contributed by atoms with Crippen molar-refractivity contribution in [3.8, 4) is 11.5 Å². The van der Waals surface area contributed by atoms with E-state index in [0.29, 0.717) is 13.3 Å². The molecule has 2 aliphatic heterocycles. The molecule has 0 spiro atoms. The van der Waals surface area contributed by atoms with Crippen LogP contribution in [0.4, 0.5) is 16.2 Å². The lowest BCUT2D eigenvalue weighted by Crippen LogP contribution is -2.46. The quantitative estimate of drug-likeness (QED) is 0.569. The van der Waals surface area contributed by atoms with Crippen LogP contribution in [0.25, 0.3) is 11.0 Å². The molecule has 3 aromatic rings. The molecule has 2 amide bonds. The number of ether oxygens (including phenoxy) is 2. The lowest BCUT2D eigenvalue weighted by atomic mass is 10.2. The molecule has 2 aromatic carbocycles. The number of hydrogen-bond acceptors (Lipinski definition) is 6. The summed E-state index contributed by atoms with van der Waals surface area (Å²) in [6.45, 7) is 5.77. The summed E-state index contributed by atoms with van der Waals surface area (Å²) in [5.74, 6) is 1.69. The number of furan rings is 1. The molecule has 1 fully saturated rings. The van der Waals surface area contributed by atoms with Gasteiger partial charge in [0.25, 0.3) is 0 Å². The van der Waals surface area contributed by atoms with Crippen LogP contribution in [0.2, 0.25) is 0 Å². The Morgan fingerprint density at radius 1 is 1.00 bits per heavy atom. The first-order valence-electron chi connectivity index (χ1n) is 11.1. The molecule has 0 unspecified atom stereocenters. The van der Waals surface area contributed by atoms with Gasteiger partial charge in [0.1, 0.15) is 11.8 Å². The highest BCUT2D eigenvalue weighted by atomic mass is 16.7. The van der Waals surface area contributed by atoms with Crippen molar-refractivity contribution in [2.75, 3.05) is 55.9 Å². The average Bonchev–Trinajstić information content (AvgIpc) is 3.46. The molecule has 8 heteroatoms. The monoisotopic (exact) mass is 436 g/mol. The zero-order valence-electron chi connectivity index (χ0n) is 18.0. The molecule has 1 saturated heterocycles. The van der Waals surface area contributed by atoms with Gasteiger partial charge in [-0.05, 0) is 43.7 Å². The number of fused-ring (bicyclic) bond motifs is 2. The van der Waals surface area contributed by atoms with Crippen molar-refractivity contribution >= 4 is 28.4 Å². The fraction of sp³-hybridized carbons (Fsp3) is 0.375. The maximum Gasteiger partial charge on any atom is 0.319 e. The predicted octanol–water partition coefficient (Wildman–Crippen LogP) is 3.65. The summed E-state index contributed by atoms with van der Waals surface area (Å²) in [4.78, 5) is 18.5. The molecule has 0 saturated carbocycles. The van der Waals surface area contributed by atoms with Crippen LogP contribution in [0.1, 0.15) is 12.8 Å². The van der Waals surface area contributed by atoms with Crippen molar-refractivity contribution in [3.63, 3.8) is 0 Å². The lowest BCUT2D eigenvalue weighted by molar-refractivity contribution is 0.174. The van der Waals surface area contributed by atoms with Gasteiger partial charge in [-0.25, -0.2) is 4.79 Å². The zero-order chi connectivity index (χ0) is 21.9. The van der Waals surface area contributed by atoms with Crippen molar-refractivity contribution in [2.24, 2.45) is 5.73 Å². The zero-order valence-corrected chi connectivity index (χ0v) is 18.0. The number of rotatable bonds is 7. The topological polar surface area (TPSA) is 84.4 Å². The largest absolute Gasteiger partial charge is 0.462 e. The van der Waals surface area contributed by atoms with Crippen molar-refractivity contribution in [1.82, 2.24) is 4.90 Å². The standard InChI is InChI=1S/C24H28N4O4/c25-24(29)28(20-16-30-21-8-2-1-6-18(20)21)11-4-3-10-26-12-14-27(15-13-26)19-7-5-9-22-23(19)32-17-31-22/h1-2,5-9,16H,3-4,10-15,17H2,(H2,25,29). The van der Waals surface area contributed by atoms with Crippen LogP contribution in [0.15, 0.2) is 53.1 Å². The van der Waals surface area contributed by atoms with Gasteiger partial charge in [-0.1, -0.05) is 18.2 Å². The Morgan fingerprint density at radius 3 is 2.69 bits per heavy atom. The average molecular weight is 437 g/mol. The van der Waals surface area contributed by atoms with Gasteiger partial charge in [-0.2, -0.15) is 0 Å². The predicted molar refractivity (Wildman–Crippen MR) is 124 cm³/mol. The van der Waals surface area contributed by atoms with Gasteiger partial charge in [0.15, 0.2) is 11.5 Å². The van der Waals surface area contributed by atoms with E-state index in [9.17, 15) is 4.79 Å². The number of piperazine rings is 1. The minimum absolute atomic E-state index is 0.295. The first-order valence-corrected chi connectivity index (χ1v) is 11.1. The summed E-state index contributed by atoms with van der Waals surface area (Å²) >= 11 is 0. The highest BCUT2D eigenvalue weighted by Crippen LogP contribution is 2.41. The number of nitrogens with zero attached hydrogens (tertiary/aromatic N) is 3. The molecule has 0 bridgehead atoms. The Kier molecular flexibility index (Phi) is 5.77. The molecule has 0 aliphatic carbocycles. The summed E-state index contributed by atoms with van der Waals surface area (Å²) in [7, 11) is 0. The molecule has 2 aliphatic rings. The number of anilines is 2. The highest BCUT2D eigenvalue weighted by molar-refractivity contribution is 6.01. The minimum atomic E-state index is -0.452. The molecular formula is C24H28N4O4. The second-order valence-electron chi connectivity index (χ2n) is 8.15. The van der Waals surface area contributed by atoms with Crippen LogP contribution in [-0.2, 0) is 0 Å². The Labute approximate surface area is 187 Å². The van der Waals surface area contributed by atoms with Crippen LogP contribution in [0.5, 0.6) is 11.5 Å². The number of urea groups is 1. The van der Waals surface area contributed by atoms with Crippen molar-refractivity contribution in [2.45, 2.75) is 12.8 Å². The van der Waals surface area contributed by atoms with Crippen molar-refractivity contribution < 1.29 is 18.7 Å². The number of unbranched alkanes of at least 4 members (excludes halogenated alkanes) is 1. The number of benzene rings is 2. The number of hydrogen-bond donors (Lipinski definition) is 1. The smallest absolute Gasteiger partial charge is 0.319 e. The van der Waals surface area contributed by atoms with Gasteiger partial charge >= 0.3 is 6.03 Å². The molecule has 0 atom stereocenters. The Bertz CT molecular complexity index is 1090. The molecule has 8 nitrogen and oxygen atoms in total. The summed E-state index contributed by atoms with van der Waals surface area (Å²) in [6.07, 6.45) is 3.49. The Balaban J connectivity index is 1.11. The third-order valence-corrected chi connectivity index (χ3v) is 6.21. The maximum absolute atomic E-state index is 12.1. The highest BCUT2D eigenvalue weighted by Gasteiger charge is 2.24. The molecule has 1 aromatic heterocycles. The molecule has 168 valence electrons. The van der Waals surface area contributed by atoms with Gasteiger partial charge in [-0.3, -0.25) is 9.80 Å². The fourth-order valence-electron chi connectivity index (χ4n) is 4.50. The van der Waals surface area contributed by atoms with E-state index < -0.39 is 6.03 Å². The first-order chi connectivity index (χ1) is 15.7. The summed E-state index contributed by atoms with van der Waals surface area (Å²) < 4.78 is 16.7. The number of carbonyl (C=O) groups excluding carboxylic acids is 1. The Morgan fingerprint density at radius 2 is 1.84 bits per heavy atom. The van der Waals surface area contributed by atoms with Crippen LogP contribution in [0.3, 0.4) is 0 Å². The van der Waals surface area contributed by atoms with E-state index in [1.165, 1.54) is 0 Å². The SMILES string of the molecule is NC(=O)N(CCCCN1CCN(c2cccc3c2OCO3)CC1)c1coc2ccccc12. The molecule has 0 radical (unpaired) electrons. The summed E-state index contributed by atoms with van der Waals surface area (Å²) in [5.41, 5.74) is 8.27. The molecular weight excluding hydrogens is 408 g/mol. The molecule has 2 N–H and O–H groups in total. The Hall–Kier alpha value is -3.39. The van der Waals surface area contributed by atoms with Gasteiger partial charge in [-0.15, -0.1) is 0 Å². The van der Waals surface area contributed by atoms with E-state index in [1.807, 2.05) is 36.4 Å².